The molecule has 0 saturated heterocycles. The monoisotopic (exact) mass is 369 g/mol. The standard InChI is InChI=1S/C14H13BrClN3S/c1-9-11(15)7-12(16)13(18-9)19-14(20)17-8-10-5-3-2-4-6-10/h2-7H,8H2,1H3,(H2,17,18,19,20). The van der Waals surface area contributed by atoms with Crippen LogP contribution in [0.5, 0.6) is 0 Å². The Bertz CT molecular complexity index is 619. The van der Waals surface area contributed by atoms with Crippen LogP contribution in [0, 0.1) is 6.92 Å². The van der Waals surface area contributed by atoms with Crippen molar-refractivity contribution < 1.29 is 0 Å². The number of benzene rings is 1. The number of hydrogen-bond acceptors (Lipinski definition) is 2. The molecule has 0 bridgehead atoms. The molecule has 0 fully saturated rings. The summed E-state index contributed by atoms with van der Waals surface area (Å²) in [5.41, 5.74) is 2.01. The third-order valence-electron chi connectivity index (χ3n) is 2.63. The van der Waals surface area contributed by atoms with Gasteiger partial charge in [-0.25, -0.2) is 4.98 Å². The van der Waals surface area contributed by atoms with E-state index in [0.717, 1.165) is 15.7 Å². The first kappa shape index (κ1) is 15.2. The predicted octanol–water partition coefficient (Wildman–Crippen LogP) is 4.29. The van der Waals surface area contributed by atoms with Crippen molar-refractivity contribution in [1.82, 2.24) is 10.3 Å². The highest BCUT2D eigenvalue weighted by molar-refractivity contribution is 9.10. The lowest BCUT2D eigenvalue weighted by Crippen LogP contribution is -2.28. The van der Waals surface area contributed by atoms with Gasteiger partial charge in [-0.1, -0.05) is 41.9 Å². The van der Waals surface area contributed by atoms with Gasteiger partial charge in [-0.3, -0.25) is 0 Å². The van der Waals surface area contributed by atoms with Crippen molar-refractivity contribution >= 4 is 50.7 Å². The third-order valence-corrected chi connectivity index (χ3v) is 3.97. The summed E-state index contributed by atoms with van der Waals surface area (Å²) in [7, 11) is 0. The summed E-state index contributed by atoms with van der Waals surface area (Å²) in [6.07, 6.45) is 0. The lowest BCUT2D eigenvalue weighted by Gasteiger charge is -2.12. The average Bonchev–Trinajstić information content (AvgIpc) is 2.44. The van der Waals surface area contributed by atoms with Crippen molar-refractivity contribution in [3.63, 3.8) is 0 Å². The molecule has 1 aromatic carbocycles. The van der Waals surface area contributed by atoms with Crippen LogP contribution in [0.4, 0.5) is 5.82 Å². The zero-order valence-electron chi connectivity index (χ0n) is 10.8. The lowest BCUT2D eigenvalue weighted by atomic mass is 10.2. The van der Waals surface area contributed by atoms with E-state index in [-0.39, 0.29) is 0 Å². The van der Waals surface area contributed by atoms with Crippen molar-refractivity contribution in [3.05, 3.63) is 57.2 Å². The molecule has 104 valence electrons. The summed E-state index contributed by atoms with van der Waals surface area (Å²) in [5.74, 6) is 0.554. The highest BCUT2D eigenvalue weighted by Crippen LogP contribution is 2.25. The van der Waals surface area contributed by atoms with Gasteiger partial charge in [0, 0.05) is 11.0 Å². The zero-order chi connectivity index (χ0) is 14.5. The van der Waals surface area contributed by atoms with Gasteiger partial charge >= 0.3 is 0 Å². The fraction of sp³-hybridized carbons (Fsp3) is 0.143. The Hall–Kier alpha value is -1.17. The van der Waals surface area contributed by atoms with Crippen LogP contribution in [0.15, 0.2) is 40.9 Å². The van der Waals surface area contributed by atoms with E-state index in [1.165, 1.54) is 0 Å². The number of nitrogens with zero attached hydrogens (tertiary/aromatic N) is 1. The predicted molar refractivity (Wildman–Crippen MR) is 91.2 cm³/mol. The SMILES string of the molecule is Cc1nc(NC(=S)NCc2ccccc2)c(Cl)cc1Br. The maximum Gasteiger partial charge on any atom is 0.172 e. The van der Waals surface area contributed by atoms with Crippen LogP contribution in [-0.4, -0.2) is 10.1 Å². The second-order valence-electron chi connectivity index (χ2n) is 4.18. The number of rotatable bonds is 3. The molecule has 1 aromatic heterocycles. The van der Waals surface area contributed by atoms with Gasteiger partial charge in [0.05, 0.1) is 10.7 Å². The molecule has 2 N–H and O–H groups in total. The molecule has 0 saturated carbocycles. The van der Waals surface area contributed by atoms with E-state index in [1.54, 1.807) is 6.07 Å². The van der Waals surface area contributed by atoms with E-state index in [4.69, 9.17) is 23.8 Å². The van der Waals surface area contributed by atoms with Gasteiger partial charge in [-0.05, 0) is 46.7 Å². The molecule has 2 aromatic rings. The minimum absolute atomic E-state index is 0.491. The van der Waals surface area contributed by atoms with E-state index < -0.39 is 0 Å². The Morgan fingerprint density at radius 2 is 2.05 bits per heavy atom. The smallest absolute Gasteiger partial charge is 0.172 e. The van der Waals surface area contributed by atoms with Gasteiger partial charge in [0.1, 0.15) is 0 Å². The number of hydrogen-bond donors (Lipinski definition) is 2. The largest absolute Gasteiger partial charge is 0.358 e. The quantitative estimate of drug-likeness (QED) is 0.790. The first-order valence-corrected chi connectivity index (χ1v) is 7.55. The minimum atomic E-state index is 0.491. The van der Waals surface area contributed by atoms with E-state index in [1.807, 2.05) is 37.3 Å². The molecule has 20 heavy (non-hydrogen) atoms. The Labute approximate surface area is 136 Å². The number of aryl methyl sites for hydroxylation is 1. The topological polar surface area (TPSA) is 37.0 Å². The van der Waals surface area contributed by atoms with Crippen LogP contribution in [0.25, 0.3) is 0 Å². The summed E-state index contributed by atoms with van der Waals surface area (Å²) in [6.45, 7) is 2.55. The molecule has 0 unspecified atom stereocenters. The van der Waals surface area contributed by atoms with Crippen LogP contribution in [-0.2, 0) is 6.54 Å². The number of anilines is 1. The van der Waals surface area contributed by atoms with Gasteiger partial charge in [0.25, 0.3) is 0 Å². The minimum Gasteiger partial charge on any atom is -0.358 e. The molecule has 0 atom stereocenters. The summed E-state index contributed by atoms with van der Waals surface area (Å²) in [4.78, 5) is 4.35. The third kappa shape index (κ3) is 4.16. The Morgan fingerprint density at radius 1 is 1.35 bits per heavy atom. The highest BCUT2D eigenvalue weighted by Gasteiger charge is 2.07. The van der Waals surface area contributed by atoms with Crippen molar-refractivity contribution in [2.75, 3.05) is 5.32 Å². The Balaban J connectivity index is 1.97. The zero-order valence-corrected chi connectivity index (χ0v) is 13.9. The number of halogens is 2. The maximum absolute atomic E-state index is 6.12. The first-order valence-electron chi connectivity index (χ1n) is 5.97. The van der Waals surface area contributed by atoms with Gasteiger partial charge in [0.2, 0.25) is 0 Å². The summed E-state index contributed by atoms with van der Waals surface area (Å²) >= 11 is 14.7. The normalized spacial score (nSPS) is 10.2. The highest BCUT2D eigenvalue weighted by atomic mass is 79.9. The molecule has 0 spiro atoms. The van der Waals surface area contributed by atoms with Gasteiger partial charge in [-0.15, -0.1) is 0 Å². The summed E-state index contributed by atoms with van der Waals surface area (Å²) in [6, 6.07) is 11.8. The molecule has 1 heterocycles. The van der Waals surface area contributed by atoms with Crippen molar-refractivity contribution in [1.29, 1.82) is 0 Å². The fourth-order valence-corrected chi connectivity index (χ4v) is 2.39. The molecular formula is C14H13BrClN3S. The second kappa shape index (κ2) is 7.02. The molecule has 0 aliphatic heterocycles. The van der Waals surface area contributed by atoms with Crippen LogP contribution in [0.3, 0.4) is 0 Å². The van der Waals surface area contributed by atoms with Gasteiger partial charge in [0.15, 0.2) is 10.9 Å². The maximum atomic E-state index is 6.12. The fourth-order valence-electron chi connectivity index (χ4n) is 1.58. The Kier molecular flexibility index (Phi) is 5.34. The van der Waals surface area contributed by atoms with Gasteiger partial charge < -0.3 is 10.6 Å². The lowest BCUT2D eigenvalue weighted by molar-refractivity contribution is 0.924. The van der Waals surface area contributed by atoms with Crippen molar-refractivity contribution in [2.45, 2.75) is 13.5 Å². The molecule has 0 radical (unpaired) electrons. The van der Waals surface area contributed by atoms with Gasteiger partial charge in [-0.2, -0.15) is 0 Å². The molecule has 0 aliphatic carbocycles. The van der Waals surface area contributed by atoms with E-state index in [0.29, 0.717) is 22.5 Å². The van der Waals surface area contributed by atoms with Crippen molar-refractivity contribution in [3.8, 4) is 0 Å². The number of aromatic nitrogens is 1. The molecule has 2 rings (SSSR count). The molecule has 0 amide bonds. The number of pyridine rings is 1. The summed E-state index contributed by atoms with van der Waals surface area (Å²) < 4.78 is 0.871. The summed E-state index contributed by atoms with van der Waals surface area (Å²) in [5, 5.41) is 7.13. The van der Waals surface area contributed by atoms with Crippen LogP contribution in [0.2, 0.25) is 5.02 Å². The Morgan fingerprint density at radius 3 is 2.75 bits per heavy atom. The molecule has 6 heteroatoms. The van der Waals surface area contributed by atoms with E-state index in [9.17, 15) is 0 Å². The number of nitrogens with one attached hydrogen (secondary N) is 2. The van der Waals surface area contributed by atoms with Crippen LogP contribution in [0.1, 0.15) is 11.3 Å². The number of thiocarbonyl (C=S) groups is 1. The molecule has 0 aliphatic rings. The molecular weight excluding hydrogens is 358 g/mol. The van der Waals surface area contributed by atoms with E-state index in [2.05, 4.69) is 31.5 Å². The first-order chi connectivity index (χ1) is 9.56. The molecule has 3 nitrogen and oxygen atoms in total. The van der Waals surface area contributed by atoms with E-state index >= 15 is 0 Å². The van der Waals surface area contributed by atoms with Crippen LogP contribution < -0.4 is 10.6 Å². The average molecular weight is 371 g/mol. The van der Waals surface area contributed by atoms with Crippen LogP contribution >= 0.6 is 39.7 Å². The van der Waals surface area contributed by atoms with Crippen molar-refractivity contribution in [2.24, 2.45) is 0 Å². The second-order valence-corrected chi connectivity index (χ2v) is 5.85.